The number of benzene rings is 1. The first-order valence-corrected chi connectivity index (χ1v) is 7.17. The molecule has 0 spiro atoms. The fourth-order valence-electron chi connectivity index (χ4n) is 2.22. The van der Waals surface area contributed by atoms with E-state index in [2.05, 4.69) is 15.5 Å². The third-order valence-corrected chi connectivity index (χ3v) is 3.50. The van der Waals surface area contributed by atoms with Crippen molar-refractivity contribution in [1.82, 2.24) is 10.2 Å². The van der Waals surface area contributed by atoms with Gasteiger partial charge in [0.2, 0.25) is 0 Å². The number of carbonyl (C=O) groups excluding carboxylic acids is 1. The number of morpholine rings is 1. The number of aromatic nitrogens is 2. The Morgan fingerprint density at radius 2 is 1.79 bits per heavy atom. The van der Waals surface area contributed by atoms with Crippen molar-refractivity contribution in [3.05, 3.63) is 47.4 Å². The molecular weight excluding hydrogens is 325 g/mol. The largest absolute Gasteiger partial charge is 0.378 e. The summed E-state index contributed by atoms with van der Waals surface area (Å²) in [4.78, 5) is 14.0. The molecule has 1 aromatic carbocycles. The van der Waals surface area contributed by atoms with Crippen LogP contribution in [0.15, 0.2) is 24.3 Å². The van der Waals surface area contributed by atoms with E-state index in [1.165, 1.54) is 6.07 Å². The smallest absolute Gasteiger partial charge is 0.276 e. The highest BCUT2D eigenvalue weighted by Crippen LogP contribution is 2.20. The highest BCUT2D eigenvalue weighted by Gasteiger charge is 2.18. The number of anilines is 2. The van der Waals surface area contributed by atoms with Crippen LogP contribution in [0.3, 0.4) is 0 Å². The molecule has 1 amide bonds. The second-order valence-electron chi connectivity index (χ2n) is 5.05. The Hall–Kier alpha value is -2.68. The number of rotatable bonds is 3. The molecule has 1 aliphatic heterocycles. The predicted molar refractivity (Wildman–Crippen MR) is 79.3 cm³/mol. The summed E-state index contributed by atoms with van der Waals surface area (Å²) in [7, 11) is 0. The van der Waals surface area contributed by atoms with E-state index in [9.17, 15) is 18.0 Å². The van der Waals surface area contributed by atoms with Gasteiger partial charge in [-0.3, -0.25) is 4.79 Å². The number of carbonyl (C=O) groups is 1. The average molecular weight is 338 g/mol. The first-order chi connectivity index (χ1) is 11.6. The summed E-state index contributed by atoms with van der Waals surface area (Å²) in [6.07, 6.45) is 0. The lowest BCUT2D eigenvalue weighted by Crippen LogP contribution is -2.37. The maximum absolute atomic E-state index is 13.6. The van der Waals surface area contributed by atoms with Gasteiger partial charge in [0.05, 0.1) is 18.9 Å². The molecule has 3 rings (SSSR count). The fraction of sp³-hybridized carbons (Fsp3) is 0.267. The molecular formula is C15H13F3N4O2. The third-order valence-electron chi connectivity index (χ3n) is 3.50. The Morgan fingerprint density at radius 3 is 2.46 bits per heavy atom. The highest BCUT2D eigenvalue weighted by molar-refractivity contribution is 6.02. The summed E-state index contributed by atoms with van der Waals surface area (Å²) in [5, 5.41) is 9.87. The van der Waals surface area contributed by atoms with Crippen molar-refractivity contribution < 1.29 is 22.7 Å². The lowest BCUT2D eigenvalue weighted by atomic mass is 10.2. The molecule has 24 heavy (non-hydrogen) atoms. The van der Waals surface area contributed by atoms with Crippen LogP contribution in [0.5, 0.6) is 0 Å². The summed E-state index contributed by atoms with van der Waals surface area (Å²) < 4.78 is 44.8. The number of nitrogens with one attached hydrogen (secondary N) is 1. The van der Waals surface area contributed by atoms with Crippen molar-refractivity contribution in [2.75, 3.05) is 36.5 Å². The normalized spacial score (nSPS) is 14.5. The number of ether oxygens (including phenoxy) is 1. The third kappa shape index (κ3) is 3.30. The number of hydrogen-bond donors (Lipinski definition) is 1. The van der Waals surface area contributed by atoms with E-state index in [0.29, 0.717) is 32.1 Å². The van der Waals surface area contributed by atoms with Crippen LogP contribution in [0.4, 0.5) is 24.7 Å². The molecule has 126 valence electrons. The first kappa shape index (κ1) is 16.2. The van der Waals surface area contributed by atoms with Crippen molar-refractivity contribution >= 4 is 17.4 Å². The van der Waals surface area contributed by atoms with Crippen molar-refractivity contribution in [3.63, 3.8) is 0 Å². The van der Waals surface area contributed by atoms with E-state index >= 15 is 0 Å². The minimum Gasteiger partial charge on any atom is -0.378 e. The Bertz CT molecular complexity index is 749. The second-order valence-corrected chi connectivity index (χ2v) is 5.05. The standard InChI is InChI=1S/C15H13F3N4O2/c16-9-1-2-10(14(18)13(9)17)19-15(23)11-3-4-12(21-20-11)22-5-7-24-8-6-22/h1-4H,5-8H2,(H,19,23). The van der Waals surface area contributed by atoms with Gasteiger partial charge >= 0.3 is 0 Å². The van der Waals surface area contributed by atoms with Crippen LogP contribution in [-0.4, -0.2) is 42.4 Å². The van der Waals surface area contributed by atoms with Gasteiger partial charge in [-0.05, 0) is 24.3 Å². The predicted octanol–water partition coefficient (Wildman–Crippen LogP) is 1.98. The summed E-state index contributed by atoms with van der Waals surface area (Å²) in [5.74, 6) is -4.64. The number of halogens is 3. The SMILES string of the molecule is O=C(Nc1ccc(F)c(F)c1F)c1ccc(N2CCOCC2)nn1. The summed E-state index contributed by atoms with van der Waals surface area (Å²) >= 11 is 0. The zero-order valence-corrected chi connectivity index (χ0v) is 12.4. The summed E-state index contributed by atoms with van der Waals surface area (Å²) in [5.41, 5.74) is -0.547. The topological polar surface area (TPSA) is 67.4 Å². The molecule has 0 unspecified atom stereocenters. The summed E-state index contributed by atoms with van der Waals surface area (Å²) in [6, 6.07) is 4.68. The van der Waals surface area contributed by atoms with Crippen LogP contribution in [-0.2, 0) is 4.74 Å². The molecule has 2 heterocycles. The summed E-state index contributed by atoms with van der Waals surface area (Å²) in [6.45, 7) is 2.50. The van der Waals surface area contributed by atoms with Crippen LogP contribution in [0.1, 0.15) is 10.5 Å². The van der Waals surface area contributed by atoms with E-state index in [0.717, 1.165) is 12.1 Å². The van der Waals surface area contributed by atoms with E-state index in [-0.39, 0.29) is 5.69 Å². The zero-order chi connectivity index (χ0) is 17.1. The van der Waals surface area contributed by atoms with Gasteiger partial charge in [-0.15, -0.1) is 10.2 Å². The van der Waals surface area contributed by atoms with Gasteiger partial charge in [0, 0.05) is 13.1 Å². The van der Waals surface area contributed by atoms with Crippen molar-refractivity contribution in [2.24, 2.45) is 0 Å². The molecule has 0 saturated carbocycles. The van der Waals surface area contributed by atoms with E-state index in [4.69, 9.17) is 4.74 Å². The van der Waals surface area contributed by atoms with Gasteiger partial charge in [-0.2, -0.15) is 0 Å². The fourth-order valence-corrected chi connectivity index (χ4v) is 2.22. The van der Waals surface area contributed by atoms with Gasteiger partial charge in [0.1, 0.15) is 0 Å². The molecule has 0 aliphatic carbocycles. The van der Waals surface area contributed by atoms with Gasteiger partial charge in [-0.25, -0.2) is 13.2 Å². The second kappa shape index (κ2) is 6.83. The molecule has 1 aromatic heterocycles. The highest BCUT2D eigenvalue weighted by atomic mass is 19.2. The molecule has 1 N–H and O–H groups in total. The van der Waals surface area contributed by atoms with Crippen LogP contribution in [0.2, 0.25) is 0 Å². The van der Waals surface area contributed by atoms with Crippen LogP contribution < -0.4 is 10.2 Å². The Labute approximate surface area is 135 Å². The monoisotopic (exact) mass is 338 g/mol. The molecule has 0 bridgehead atoms. The minimum absolute atomic E-state index is 0.0730. The number of hydrogen-bond acceptors (Lipinski definition) is 5. The Balaban J connectivity index is 1.72. The molecule has 2 aromatic rings. The molecule has 9 heteroatoms. The lowest BCUT2D eigenvalue weighted by Gasteiger charge is -2.27. The zero-order valence-electron chi connectivity index (χ0n) is 12.4. The Kier molecular flexibility index (Phi) is 4.61. The molecule has 0 radical (unpaired) electrons. The average Bonchev–Trinajstić information content (AvgIpc) is 2.63. The van der Waals surface area contributed by atoms with Crippen molar-refractivity contribution in [2.45, 2.75) is 0 Å². The molecule has 6 nitrogen and oxygen atoms in total. The maximum Gasteiger partial charge on any atom is 0.276 e. The van der Waals surface area contributed by atoms with Gasteiger partial charge < -0.3 is 15.0 Å². The molecule has 1 aliphatic rings. The maximum atomic E-state index is 13.6. The van der Waals surface area contributed by atoms with Crippen LogP contribution >= 0.6 is 0 Å². The molecule has 1 saturated heterocycles. The quantitative estimate of drug-likeness (QED) is 0.867. The van der Waals surface area contributed by atoms with E-state index in [1.54, 1.807) is 6.07 Å². The van der Waals surface area contributed by atoms with E-state index < -0.39 is 29.0 Å². The Morgan fingerprint density at radius 1 is 1.04 bits per heavy atom. The molecule has 1 fully saturated rings. The number of amides is 1. The van der Waals surface area contributed by atoms with Crippen molar-refractivity contribution in [1.29, 1.82) is 0 Å². The number of nitrogens with zero attached hydrogens (tertiary/aromatic N) is 3. The van der Waals surface area contributed by atoms with Gasteiger partial charge in [0.15, 0.2) is 29.0 Å². The first-order valence-electron chi connectivity index (χ1n) is 7.17. The molecule has 0 atom stereocenters. The minimum atomic E-state index is -1.65. The van der Waals surface area contributed by atoms with Crippen LogP contribution in [0, 0.1) is 17.5 Å². The van der Waals surface area contributed by atoms with Gasteiger partial charge in [0.25, 0.3) is 5.91 Å². The van der Waals surface area contributed by atoms with Gasteiger partial charge in [-0.1, -0.05) is 0 Å². The van der Waals surface area contributed by atoms with E-state index in [1.807, 2.05) is 4.90 Å². The lowest BCUT2D eigenvalue weighted by molar-refractivity contribution is 0.102. The van der Waals surface area contributed by atoms with Crippen LogP contribution in [0.25, 0.3) is 0 Å². The van der Waals surface area contributed by atoms with Crippen molar-refractivity contribution in [3.8, 4) is 0 Å².